The minimum Gasteiger partial charge on any atom is -0.324 e. The van der Waals surface area contributed by atoms with Crippen LogP contribution in [0.3, 0.4) is 0 Å². The van der Waals surface area contributed by atoms with Gasteiger partial charge in [-0.25, -0.2) is 9.97 Å². The molecule has 2 N–H and O–H groups in total. The lowest BCUT2D eigenvalue weighted by atomic mass is 10.1. The van der Waals surface area contributed by atoms with Crippen LogP contribution in [0.15, 0.2) is 48.7 Å². The van der Waals surface area contributed by atoms with Crippen molar-refractivity contribution in [2.45, 2.75) is 27.7 Å². The number of aryl methyl sites for hydroxylation is 4. The third-order valence-electron chi connectivity index (χ3n) is 4.16. The molecular formula is C21H22N4O. The highest BCUT2D eigenvalue weighted by Gasteiger charge is 2.11. The first kappa shape index (κ1) is 17.6. The zero-order valence-corrected chi connectivity index (χ0v) is 15.4. The van der Waals surface area contributed by atoms with Crippen molar-refractivity contribution in [1.29, 1.82) is 0 Å². The molecule has 3 rings (SSSR count). The molecule has 0 spiro atoms. The molecule has 132 valence electrons. The van der Waals surface area contributed by atoms with Crippen molar-refractivity contribution in [3.05, 3.63) is 76.6 Å². The van der Waals surface area contributed by atoms with Gasteiger partial charge in [0.15, 0.2) is 0 Å². The van der Waals surface area contributed by atoms with Crippen LogP contribution in [0.4, 0.5) is 17.3 Å². The quantitative estimate of drug-likeness (QED) is 0.718. The number of hydrogen-bond acceptors (Lipinski definition) is 4. The van der Waals surface area contributed by atoms with Crippen LogP contribution >= 0.6 is 0 Å². The molecule has 5 nitrogen and oxygen atoms in total. The summed E-state index contributed by atoms with van der Waals surface area (Å²) in [6.07, 6.45) is 1.58. The van der Waals surface area contributed by atoms with Gasteiger partial charge in [0.1, 0.15) is 5.69 Å². The van der Waals surface area contributed by atoms with Crippen LogP contribution in [0, 0.1) is 27.7 Å². The van der Waals surface area contributed by atoms with E-state index in [1.54, 1.807) is 12.3 Å². The van der Waals surface area contributed by atoms with Crippen LogP contribution < -0.4 is 10.6 Å². The van der Waals surface area contributed by atoms with Gasteiger partial charge in [-0.1, -0.05) is 29.8 Å². The van der Waals surface area contributed by atoms with E-state index in [4.69, 9.17) is 0 Å². The summed E-state index contributed by atoms with van der Waals surface area (Å²) in [6.45, 7) is 8.02. The van der Waals surface area contributed by atoms with Gasteiger partial charge in [0.2, 0.25) is 5.95 Å². The third-order valence-corrected chi connectivity index (χ3v) is 4.16. The molecule has 1 heterocycles. The topological polar surface area (TPSA) is 66.9 Å². The molecule has 0 saturated heterocycles. The second-order valence-electron chi connectivity index (χ2n) is 6.48. The van der Waals surface area contributed by atoms with Gasteiger partial charge in [0, 0.05) is 17.6 Å². The maximum atomic E-state index is 12.6. The molecule has 0 radical (unpaired) electrons. The lowest BCUT2D eigenvalue weighted by molar-refractivity contribution is 0.102. The molecule has 0 aliphatic rings. The summed E-state index contributed by atoms with van der Waals surface area (Å²) in [5, 5.41) is 6.10. The number of benzene rings is 2. The maximum Gasteiger partial charge on any atom is 0.274 e. The Morgan fingerprint density at radius 1 is 0.846 bits per heavy atom. The first-order valence-corrected chi connectivity index (χ1v) is 8.48. The summed E-state index contributed by atoms with van der Waals surface area (Å²) in [5.41, 5.74) is 6.40. The van der Waals surface area contributed by atoms with E-state index in [1.807, 2.05) is 58.0 Å². The highest BCUT2D eigenvalue weighted by atomic mass is 16.1. The molecule has 0 fully saturated rings. The minimum atomic E-state index is -0.259. The number of nitrogens with one attached hydrogen (secondary N) is 2. The van der Waals surface area contributed by atoms with E-state index >= 15 is 0 Å². The normalized spacial score (nSPS) is 10.5. The van der Waals surface area contributed by atoms with Crippen molar-refractivity contribution in [2.24, 2.45) is 0 Å². The number of hydrogen-bond donors (Lipinski definition) is 2. The average Bonchev–Trinajstić information content (AvgIpc) is 2.61. The summed E-state index contributed by atoms with van der Waals surface area (Å²) in [4.78, 5) is 21.1. The molecular weight excluding hydrogens is 324 g/mol. The van der Waals surface area contributed by atoms with E-state index in [1.165, 1.54) is 5.56 Å². The molecule has 3 aromatic rings. The van der Waals surface area contributed by atoms with Crippen LogP contribution in [-0.2, 0) is 0 Å². The molecule has 0 aliphatic heterocycles. The molecule has 5 heteroatoms. The van der Waals surface area contributed by atoms with Crippen molar-refractivity contribution < 1.29 is 4.79 Å². The lowest BCUT2D eigenvalue weighted by Crippen LogP contribution is -2.15. The van der Waals surface area contributed by atoms with E-state index in [9.17, 15) is 4.79 Å². The van der Waals surface area contributed by atoms with Gasteiger partial charge in [-0.15, -0.1) is 0 Å². The Morgan fingerprint density at radius 3 is 2.35 bits per heavy atom. The Hall–Kier alpha value is -3.21. The highest BCUT2D eigenvalue weighted by molar-refractivity contribution is 6.03. The van der Waals surface area contributed by atoms with Gasteiger partial charge in [0.05, 0.1) is 0 Å². The van der Waals surface area contributed by atoms with Gasteiger partial charge in [-0.2, -0.15) is 0 Å². The van der Waals surface area contributed by atoms with E-state index < -0.39 is 0 Å². The van der Waals surface area contributed by atoms with Crippen molar-refractivity contribution in [1.82, 2.24) is 9.97 Å². The summed E-state index contributed by atoms with van der Waals surface area (Å²) in [7, 11) is 0. The summed E-state index contributed by atoms with van der Waals surface area (Å²) >= 11 is 0. The predicted molar refractivity (Wildman–Crippen MR) is 105 cm³/mol. The van der Waals surface area contributed by atoms with Crippen molar-refractivity contribution in [2.75, 3.05) is 10.6 Å². The molecule has 0 aliphatic carbocycles. The Morgan fingerprint density at radius 2 is 1.58 bits per heavy atom. The summed E-state index contributed by atoms with van der Waals surface area (Å²) in [5.74, 6) is 0.135. The van der Waals surface area contributed by atoms with Crippen LogP contribution in [-0.4, -0.2) is 15.9 Å². The molecule has 1 amide bonds. The third kappa shape index (κ3) is 4.06. The summed E-state index contributed by atoms with van der Waals surface area (Å²) < 4.78 is 0. The van der Waals surface area contributed by atoms with E-state index in [0.717, 1.165) is 28.1 Å². The lowest BCUT2D eigenvalue weighted by Gasteiger charge is -2.11. The first-order valence-electron chi connectivity index (χ1n) is 8.48. The van der Waals surface area contributed by atoms with Crippen molar-refractivity contribution >= 4 is 23.2 Å². The van der Waals surface area contributed by atoms with Crippen LogP contribution in [0.1, 0.15) is 32.7 Å². The second kappa shape index (κ2) is 7.35. The number of aromatic nitrogens is 2. The smallest absolute Gasteiger partial charge is 0.274 e. The van der Waals surface area contributed by atoms with Gasteiger partial charge >= 0.3 is 0 Å². The zero-order valence-electron chi connectivity index (χ0n) is 15.4. The van der Waals surface area contributed by atoms with Gasteiger partial charge in [-0.3, -0.25) is 4.79 Å². The van der Waals surface area contributed by atoms with E-state index in [-0.39, 0.29) is 5.91 Å². The van der Waals surface area contributed by atoms with E-state index in [0.29, 0.717) is 11.6 Å². The van der Waals surface area contributed by atoms with Crippen LogP contribution in [0.5, 0.6) is 0 Å². The predicted octanol–water partition coefficient (Wildman–Crippen LogP) is 4.71. The Bertz CT molecular complexity index is 966. The van der Waals surface area contributed by atoms with Gasteiger partial charge < -0.3 is 10.6 Å². The van der Waals surface area contributed by atoms with Gasteiger partial charge in [-0.05, 0) is 62.6 Å². The number of nitrogens with zero attached hydrogens (tertiary/aromatic N) is 2. The number of rotatable bonds is 4. The van der Waals surface area contributed by atoms with Crippen molar-refractivity contribution in [3.8, 4) is 0 Å². The Labute approximate surface area is 153 Å². The Balaban J connectivity index is 1.80. The number of anilines is 3. The SMILES string of the molecule is Cc1ccc(Nc2nccc(C(=O)Nc3cc(C)ccc3C)n2)c(C)c1. The average molecular weight is 346 g/mol. The minimum absolute atomic E-state index is 0.259. The molecule has 0 unspecified atom stereocenters. The zero-order chi connectivity index (χ0) is 18.7. The van der Waals surface area contributed by atoms with Gasteiger partial charge in [0.25, 0.3) is 5.91 Å². The van der Waals surface area contributed by atoms with E-state index in [2.05, 4.69) is 26.7 Å². The highest BCUT2D eigenvalue weighted by Crippen LogP contribution is 2.20. The standard InChI is InChI=1S/C21H22N4O/c1-13-6-8-17(16(4)11-13)24-21-22-10-9-18(25-21)20(26)23-19-12-14(2)5-7-15(19)3/h5-12H,1-4H3,(H,23,26)(H,22,24,25). The number of carbonyl (C=O) groups is 1. The number of carbonyl (C=O) groups excluding carboxylic acids is 1. The maximum absolute atomic E-state index is 12.6. The van der Waals surface area contributed by atoms with Crippen LogP contribution in [0.25, 0.3) is 0 Å². The fourth-order valence-corrected chi connectivity index (χ4v) is 2.68. The fraction of sp³-hybridized carbons (Fsp3) is 0.190. The Kier molecular flexibility index (Phi) is 4.98. The van der Waals surface area contributed by atoms with Crippen LogP contribution in [0.2, 0.25) is 0 Å². The monoisotopic (exact) mass is 346 g/mol. The molecule has 0 bridgehead atoms. The van der Waals surface area contributed by atoms with Crippen molar-refractivity contribution in [3.63, 3.8) is 0 Å². The molecule has 2 aromatic carbocycles. The molecule has 26 heavy (non-hydrogen) atoms. The number of amides is 1. The molecule has 0 atom stereocenters. The molecule has 0 saturated carbocycles. The summed E-state index contributed by atoms with van der Waals surface area (Å²) in [6, 6.07) is 13.6. The molecule has 1 aromatic heterocycles. The largest absolute Gasteiger partial charge is 0.324 e. The first-order chi connectivity index (χ1) is 12.4. The fourth-order valence-electron chi connectivity index (χ4n) is 2.68. The second-order valence-corrected chi connectivity index (χ2v) is 6.48.